The first-order valence-electron chi connectivity index (χ1n) is 15.5. The van der Waals surface area contributed by atoms with Gasteiger partial charge in [-0.15, -0.1) is 0 Å². The molecule has 41 heavy (non-hydrogen) atoms. The first-order chi connectivity index (χ1) is 19.9. The lowest BCUT2D eigenvalue weighted by Crippen LogP contribution is -2.38. The van der Waals surface area contributed by atoms with Gasteiger partial charge in [-0.05, 0) is 121 Å². The quantitative estimate of drug-likeness (QED) is 0.311. The molecule has 216 valence electrons. The number of ether oxygens (including phenoxy) is 1. The normalized spacial score (nSPS) is 19.4. The van der Waals surface area contributed by atoms with Crippen molar-refractivity contribution < 1.29 is 9.53 Å². The zero-order chi connectivity index (χ0) is 28.9. The molecule has 2 heterocycles. The summed E-state index contributed by atoms with van der Waals surface area (Å²) in [5, 5.41) is 4.66. The van der Waals surface area contributed by atoms with Crippen molar-refractivity contribution in [3.63, 3.8) is 0 Å². The smallest absolute Gasteiger partial charge is 0.159 e. The van der Waals surface area contributed by atoms with Crippen LogP contribution in [0.1, 0.15) is 109 Å². The number of carbonyl (C=O) groups excluding carboxylic acids is 1. The molecule has 0 radical (unpaired) electrons. The molecule has 1 aliphatic carbocycles. The molecule has 0 amide bonds. The number of hydrogen-bond acceptors (Lipinski definition) is 3. The highest BCUT2D eigenvalue weighted by Gasteiger charge is 2.24. The minimum absolute atomic E-state index is 0.107. The van der Waals surface area contributed by atoms with E-state index in [1.54, 1.807) is 6.92 Å². The summed E-state index contributed by atoms with van der Waals surface area (Å²) in [5.41, 5.74) is 11.8. The zero-order valence-electron chi connectivity index (χ0n) is 25.1. The number of ketones is 1. The SMILES string of the molecule is CCCC1Cc2ccc(c(Cl)c2)C2=C(c3cc(ccc3C)CO[C@H](CCC)CN1)c1ccc(C(C)=O)cc1CCC2. The van der Waals surface area contributed by atoms with Gasteiger partial charge in [-0.2, -0.15) is 0 Å². The molecule has 6 rings (SSSR count). The molecule has 4 bridgehead atoms. The molecule has 3 nitrogen and oxygen atoms in total. The standard InChI is InChI=1S/C37H44ClNO2/c1-5-8-30-18-26-14-16-33(36(38)20-26)34-11-7-10-29-21-28(25(4)40)15-17-32(29)37(34)35-19-27(13-12-24(35)3)23-41-31(9-6-2)22-39-30/h12-17,19-21,30-31,39H,5-11,18,22-23H2,1-4H3/t30?,31-/m1/s1. The lowest BCUT2D eigenvalue weighted by molar-refractivity contribution is 0.0328. The Morgan fingerprint density at radius 1 is 0.927 bits per heavy atom. The van der Waals surface area contributed by atoms with Crippen molar-refractivity contribution in [1.29, 1.82) is 0 Å². The second kappa shape index (κ2) is 13.5. The van der Waals surface area contributed by atoms with Crippen LogP contribution in [0.2, 0.25) is 5.02 Å². The minimum atomic E-state index is 0.107. The number of nitrogens with one attached hydrogen (secondary N) is 1. The Bertz CT molecular complexity index is 1440. The summed E-state index contributed by atoms with van der Waals surface area (Å²) in [5.74, 6) is 0.107. The molecule has 4 heteroatoms. The molecular weight excluding hydrogens is 526 g/mol. The highest BCUT2D eigenvalue weighted by molar-refractivity contribution is 6.33. The van der Waals surface area contributed by atoms with Crippen molar-refractivity contribution in [2.45, 2.75) is 97.8 Å². The maximum Gasteiger partial charge on any atom is 0.159 e. The van der Waals surface area contributed by atoms with E-state index < -0.39 is 0 Å². The Hall–Kier alpha value is -2.72. The fraction of sp³-hybridized carbons (Fsp3) is 0.432. The zero-order valence-corrected chi connectivity index (χ0v) is 25.9. The van der Waals surface area contributed by atoms with E-state index in [0.717, 1.165) is 74.1 Å². The number of benzene rings is 3. The topological polar surface area (TPSA) is 38.3 Å². The molecule has 0 saturated heterocycles. The van der Waals surface area contributed by atoms with E-state index in [9.17, 15) is 4.79 Å². The molecule has 0 spiro atoms. The predicted molar refractivity (Wildman–Crippen MR) is 172 cm³/mol. The fourth-order valence-electron chi connectivity index (χ4n) is 6.53. The first-order valence-corrected chi connectivity index (χ1v) is 15.9. The van der Waals surface area contributed by atoms with Gasteiger partial charge in [-0.1, -0.05) is 74.7 Å². The van der Waals surface area contributed by atoms with Crippen molar-refractivity contribution in [2.24, 2.45) is 0 Å². The van der Waals surface area contributed by atoms with Crippen molar-refractivity contribution in [3.05, 3.63) is 104 Å². The highest BCUT2D eigenvalue weighted by atomic mass is 35.5. The molecule has 0 aromatic heterocycles. The number of rotatable bonds is 5. The molecule has 0 fully saturated rings. The molecule has 3 aromatic carbocycles. The van der Waals surface area contributed by atoms with E-state index in [2.05, 4.69) is 74.6 Å². The second-order valence-corrected chi connectivity index (χ2v) is 12.3. The maximum absolute atomic E-state index is 12.3. The molecule has 2 atom stereocenters. The lowest BCUT2D eigenvalue weighted by Gasteiger charge is -2.25. The van der Waals surface area contributed by atoms with Gasteiger partial charge in [-0.3, -0.25) is 4.79 Å². The number of halogens is 1. The maximum atomic E-state index is 12.3. The number of aryl methyl sites for hydroxylation is 2. The molecule has 1 N–H and O–H groups in total. The van der Waals surface area contributed by atoms with Gasteiger partial charge in [0.15, 0.2) is 5.78 Å². The number of carbonyl (C=O) groups is 1. The van der Waals surface area contributed by atoms with Gasteiger partial charge >= 0.3 is 0 Å². The fourth-order valence-corrected chi connectivity index (χ4v) is 6.85. The third-order valence-electron chi connectivity index (χ3n) is 8.74. The van der Waals surface area contributed by atoms with E-state index in [0.29, 0.717) is 12.6 Å². The molecule has 3 aliphatic rings. The van der Waals surface area contributed by atoms with E-state index in [4.69, 9.17) is 16.3 Å². The Labute approximate surface area is 251 Å². The lowest BCUT2D eigenvalue weighted by atomic mass is 9.84. The summed E-state index contributed by atoms with van der Waals surface area (Å²) in [6, 6.07) is 20.1. The third-order valence-corrected chi connectivity index (χ3v) is 9.05. The van der Waals surface area contributed by atoms with Crippen LogP contribution in [0.15, 0.2) is 54.6 Å². The summed E-state index contributed by atoms with van der Waals surface area (Å²) in [4.78, 5) is 12.3. The van der Waals surface area contributed by atoms with Crippen LogP contribution in [-0.4, -0.2) is 24.5 Å². The van der Waals surface area contributed by atoms with Crippen LogP contribution >= 0.6 is 11.6 Å². The summed E-state index contributed by atoms with van der Waals surface area (Å²) < 4.78 is 6.56. The molecule has 0 saturated carbocycles. The average Bonchev–Trinajstić information content (AvgIpc) is 3.14. The van der Waals surface area contributed by atoms with Crippen LogP contribution in [0.3, 0.4) is 0 Å². The summed E-state index contributed by atoms with van der Waals surface area (Å²) >= 11 is 7.15. The predicted octanol–water partition coefficient (Wildman–Crippen LogP) is 9.15. The largest absolute Gasteiger partial charge is 0.372 e. The van der Waals surface area contributed by atoms with Gasteiger partial charge in [-0.25, -0.2) is 0 Å². The van der Waals surface area contributed by atoms with Crippen molar-refractivity contribution in [2.75, 3.05) is 6.54 Å². The number of fused-ring (bicyclic) bond motifs is 9. The van der Waals surface area contributed by atoms with E-state index in [1.807, 2.05) is 6.07 Å². The van der Waals surface area contributed by atoms with Gasteiger partial charge in [0.1, 0.15) is 0 Å². The van der Waals surface area contributed by atoms with Gasteiger partial charge in [0.2, 0.25) is 0 Å². The summed E-state index contributed by atoms with van der Waals surface area (Å²) in [7, 11) is 0. The van der Waals surface area contributed by atoms with Crippen LogP contribution in [0, 0.1) is 6.92 Å². The third kappa shape index (κ3) is 6.85. The molecule has 1 unspecified atom stereocenters. The minimum Gasteiger partial charge on any atom is -0.372 e. The van der Waals surface area contributed by atoms with Crippen LogP contribution in [0.25, 0.3) is 11.1 Å². The molecular formula is C37H44ClNO2. The Morgan fingerprint density at radius 2 is 1.71 bits per heavy atom. The van der Waals surface area contributed by atoms with Crippen LogP contribution < -0.4 is 5.32 Å². The van der Waals surface area contributed by atoms with Gasteiger partial charge in [0.05, 0.1) is 12.7 Å². The Morgan fingerprint density at radius 3 is 2.46 bits per heavy atom. The number of hydrogen-bond donors (Lipinski definition) is 1. The van der Waals surface area contributed by atoms with E-state index in [1.165, 1.54) is 44.5 Å². The van der Waals surface area contributed by atoms with E-state index >= 15 is 0 Å². The van der Waals surface area contributed by atoms with Crippen molar-refractivity contribution in [1.82, 2.24) is 5.32 Å². The second-order valence-electron chi connectivity index (χ2n) is 11.9. The van der Waals surface area contributed by atoms with Gasteiger partial charge in [0, 0.05) is 23.2 Å². The van der Waals surface area contributed by atoms with Gasteiger partial charge in [0.25, 0.3) is 0 Å². The van der Waals surface area contributed by atoms with Crippen molar-refractivity contribution >= 4 is 28.5 Å². The molecule has 3 aromatic rings. The average molecular weight is 570 g/mol. The van der Waals surface area contributed by atoms with Crippen LogP contribution in [-0.2, 0) is 24.2 Å². The number of allylic oxidation sites excluding steroid dienone is 1. The van der Waals surface area contributed by atoms with Crippen molar-refractivity contribution in [3.8, 4) is 0 Å². The first kappa shape index (κ1) is 29.8. The van der Waals surface area contributed by atoms with E-state index in [-0.39, 0.29) is 11.9 Å². The highest BCUT2D eigenvalue weighted by Crippen LogP contribution is 2.43. The van der Waals surface area contributed by atoms with Gasteiger partial charge < -0.3 is 10.1 Å². The Kier molecular flexibility index (Phi) is 9.80. The number of Topliss-reactive ketones (excluding diaryl/α,β-unsaturated/α-hetero) is 1. The van der Waals surface area contributed by atoms with Crippen LogP contribution in [0.4, 0.5) is 0 Å². The Balaban J connectivity index is 1.72. The molecule has 2 aliphatic heterocycles. The summed E-state index contributed by atoms with van der Waals surface area (Å²) in [6.45, 7) is 9.77. The monoisotopic (exact) mass is 569 g/mol. The summed E-state index contributed by atoms with van der Waals surface area (Å²) in [6.07, 6.45) is 8.37. The van der Waals surface area contributed by atoms with Crippen LogP contribution in [0.5, 0.6) is 0 Å².